The van der Waals surface area contributed by atoms with Crippen LogP contribution in [0.4, 0.5) is 0 Å². The zero-order valence-electron chi connectivity index (χ0n) is 29.7. The first-order valence-corrected chi connectivity index (χ1v) is 19.9. The fourth-order valence-corrected chi connectivity index (χ4v) is 13.3. The van der Waals surface area contributed by atoms with E-state index in [0.717, 1.165) is 78.6 Å². The van der Waals surface area contributed by atoms with Gasteiger partial charge in [-0.05, 0) is 126 Å². The number of likely N-dealkylation sites (tertiary alicyclic amines) is 1. The zero-order valence-corrected chi connectivity index (χ0v) is 30.5. The number of allylic oxidation sites excluding steroid dienone is 8. The standard InChI is InChI=1S/C42H64ClN2/c1-7-44-34-24-20-28-14-9-11-18-32(28)38(34)41(3,4)36(44)26-22-30-16-13-17-31(40(30)43)23-27-37-42(5,6)39-33-19-12-10-15-29(33)21-25-35(39)45(37)8-2/h22-23,26-29,32-35,38-39H,7-21,24-25H2,1-6H3/q+1. The number of halogens is 1. The Bertz CT molecular complexity index is 1290. The summed E-state index contributed by atoms with van der Waals surface area (Å²) in [6, 6.07) is 1.46. The molecule has 0 amide bonds. The van der Waals surface area contributed by atoms with Crippen LogP contribution in [0.5, 0.6) is 0 Å². The Morgan fingerprint density at radius 3 is 2.09 bits per heavy atom. The van der Waals surface area contributed by atoms with Crippen molar-refractivity contribution < 1.29 is 4.58 Å². The second kappa shape index (κ2) is 12.6. The molecular weight excluding hydrogens is 568 g/mol. The van der Waals surface area contributed by atoms with Crippen molar-refractivity contribution >= 4 is 17.3 Å². The lowest BCUT2D eigenvalue weighted by Crippen LogP contribution is -2.45. The SMILES string of the molecule is CCN1/C(=C/C=C2\CCCC(/C=C/C3=[N+](CC)C4CCC5CCCCC5C4C3(C)C)=C2Cl)C(C)(C)C2C3CCCCC3CCC21. The van der Waals surface area contributed by atoms with Crippen molar-refractivity contribution in [1.82, 2.24) is 4.90 Å². The fourth-order valence-electron chi connectivity index (χ4n) is 13.0. The molecule has 5 fully saturated rings. The van der Waals surface area contributed by atoms with Crippen LogP contribution in [-0.4, -0.2) is 40.4 Å². The molecule has 2 heterocycles. The van der Waals surface area contributed by atoms with Gasteiger partial charge < -0.3 is 4.90 Å². The lowest BCUT2D eigenvalue weighted by atomic mass is 9.57. The molecule has 3 heteroatoms. The second-order valence-electron chi connectivity index (χ2n) is 17.4. The summed E-state index contributed by atoms with van der Waals surface area (Å²) >= 11 is 7.32. The summed E-state index contributed by atoms with van der Waals surface area (Å²) < 4.78 is 2.81. The molecule has 0 bridgehead atoms. The smallest absolute Gasteiger partial charge is 0.182 e. The molecule has 8 unspecified atom stereocenters. The van der Waals surface area contributed by atoms with E-state index in [1.807, 2.05) is 0 Å². The molecule has 0 aromatic heterocycles. The average Bonchev–Trinajstić information content (AvgIpc) is 3.41. The molecule has 8 atom stereocenters. The molecule has 0 radical (unpaired) electrons. The van der Waals surface area contributed by atoms with Gasteiger partial charge in [0.2, 0.25) is 0 Å². The highest BCUT2D eigenvalue weighted by atomic mass is 35.5. The Morgan fingerprint density at radius 2 is 1.40 bits per heavy atom. The van der Waals surface area contributed by atoms with Gasteiger partial charge in [-0.1, -0.05) is 76.1 Å². The summed E-state index contributed by atoms with van der Waals surface area (Å²) in [4.78, 5) is 2.81. The van der Waals surface area contributed by atoms with E-state index in [4.69, 9.17) is 11.6 Å². The van der Waals surface area contributed by atoms with Crippen LogP contribution in [0, 0.1) is 46.3 Å². The highest BCUT2D eigenvalue weighted by molar-refractivity contribution is 6.32. The first-order chi connectivity index (χ1) is 21.7. The van der Waals surface area contributed by atoms with Crippen LogP contribution in [0.2, 0.25) is 0 Å². The van der Waals surface area contributed by atoms with Crippen LogP contribution in [0.3, 0.4) is 0 Å². The molecule has 0 aromatic carbocycles. The molecule has 2 aliphatic heterocycles. The van der Waals surface area contributed by atoms with Crippen molar-refractivity contribution in [3.63, 3.8) is 0 Å². The third-order valence-electron chi connectivity index (χ3n) is 14.8. The molecule has 0 spiro atoms. The van der Waals surface area contributed by atoms with Gasteiger partial charge in [0, 0.05) is 47.1 Å². The Hall–Kier alpha value is -1.28. The largest absolute Gasteiger partial charge is 0.371 e. The van der Waals surface area contributed by atoms with Gasteiger partial charge in [-0.25, -0.2) is 4.58 Å². The summed E-state index contributed by atoms with van der Waals surface area (Å²) in [6.07, 6.45) is 30.7. The van der Waals surface area contributed by atoms with Crippen LogP contribution in [0.15, 0.2) is 46.2 Å². The topological polar surface area (TPSA) is 6.25 Å². The quantitative estimate of drug-likeness (QED) is 0.274. The molecule has 0 aromatic rings. The highest BCUT2D eigenvalue weighted by Gasteiger charge is 2.59. The van der Waals surface area contributed by atoms with Gasteiger partial charge in [0.1, 0.15) is 6.54 Å². The maximum absolute atomic E-state index is 7.32. The summed E-state index contributed by atoms with van der Waals surface area (Å²) in [6.45, 7) is 17.3. The van der Waals surface area contributed by atoms with E-state index in [0.29, 0.717) is 0 Å². The average molecular weight is 632 g/mol. The van der Waals surface area contributed by atoms with E-state index in [1.165, 1.54) is 94.6 Å². The van der Waals surface area contributed by atoms with E-state index in [9.17, 15) is 0 Å². The third kappa shape index (κ3) is 5.38. The molecule has 7 rings (SSSR count). The van der Waals surface area contributed by atoms with Crippen LogP contribution >= 0.6 is 11.6 Å². The van der Waals surface area contributed by atoms with Crippen molar-refractivity contribution in [2.24, 2.45) is 46.3 Å². The van der Waals surface area contributed by atoms with Crippen LogP contribution in [0.1, 0.15) is 138 Å². The third-order valence-corrected chi connectivity index (χ3v) is 15.3. The Balaban J connectivity index is 1.16. The maximum Gasteiger partial charge on any atom is 0.182 e. The van der Waals surface area contributed by atoms with Crippen molar-refractivity contribution in [2.75, 3.05) is 13.1 Å². The maximum atomic E-state index is 7.32. The number of hydrogen-bond acceptors (Lipinski definition) is 1. The van der Waals surface area contributed by atoms with Gasteiger partial charge in [-0.2, -0.15) is 0 Å². The van der Waals surface area contributed by atoms with Crippen LogP contribution in [-0.2, 0) is 0 Å². The first-order valence-electron chi connectivity index (χ1n) is 19.6. The van der Waals surface area contributed by atoms with E-state index < -0.39 is 0 Å². The Morgan fingerprint density at radius 1 is 0.733 bits per heavy atom. The van der Waals surface area contributed by atoms with E-state index in [2.05, 4.69) is 75.3 Å². The van der Waals surface area contributed by atoms with E-state index >= 15 is 0 Å². The minimum Gasteiger partial charge on any atom is -0.371 e. The molecule has 7 aliphatic rings. The van der Waals surface area contributed by atoms with Crippen molar-refractivity contribution in [3.05, 3.63) is 46.2 Å². The number of hydrogen-bond donors (Lipinski definition) is 0. The summed E-state index contributed by atoms with van der Waals surface area (Å²) in [5.41, 5.74) is 6.33. The molecule has 5 aliphatic carbocycles. The van der Waals surface area contributed by atoms with Gasteiger partial charge in [0.15, 0.2) is 11.8 Å². The minimum atomic E-state index is 0.231. The van der Waals surface area contributed by atoms with E-state index in [1.54, 1.807) is 11.4 Å². The highest BCUT2D eigenvalue weighted by Crippen LogP contribution is 2.59. The van der Waals surface area contributed by atoms with E-state index in [-0.39, 0.29) is 10.8 Å². The Labute approximate surface area is 281 Å². The lowest BCUT2D eigenvalue weighted by molar-refractivity contribution is -0.565. The summed E-state index contributed by atoms with van der Waals surface area (Å²) in [5, 5.41) is 1.03. The number of rotatable bonds is 5. The summed E-state index contributed by atoms with van der Waals surface area (Å²) in [7, 11) is 0. The normalized spacial score (nSPS) is 41.1. The Kier molecular flexibility index (Phi) is 9.06. The minimum absolute atomic E-state index is 0.231. The first kappa shape index (κ1) is 32.3. The van der Waals surface area contributed by atoms with Gasteiger partial charge in [-0.3, -0.25) is 0 Å². The molecular formula is C42H64ClN2+. The van der Waals surface area contributed by atoms with Gasteiger partial charge >= 0.3 is 0 Å². The van der Waals surface area contributed by atoms with Crippen molar-refractivity contribution in [3.8, 4) is 0 Å². The summed E-state index contributed by atoms with van der Waals surface area (Å²) in [5.74, 6) is 5.39. The predicted octanol–water partition coefficient (Wildman–Crippen LogP) is 11.1. The molecule has 2 nitrogen and oxygen atoms in total. The van der Waals surface area contributed by atoms with Crippen molar-refractivity contribution in [2.45, 2.75) is 150 Å². The lowest BCUT2D eigenvalue weighted by Gasteiger charge is -2.47. The van der Waals surface area contributed by atoms with Crippen LogP contribution < -0.4 is 0 Å². The molecule has 1 saturated heterocycles. The number of fused-ring (bicyclic) bond motifs is 6. The molecule has 0 N–H and O–H groups in total. The zero-order chi connectivity index (χ0) is 31.5. The fraction of sp³-hybridized carbons (Fsp3) is 0.786. The van der Waals surface area contributed by atoms with Gasteiger partial charge in [0.25, 0.3) is 0 Å². The van der Waals surface area contributed by atoms with Gasteiger partial charge in [-0.15, -0.1) is 0 Å². The predicted molar refractivity (Wildman–Crippen MR) is 192 cm³/mol. The second-order valence-corrected chi connectivity index (χ2v) is 17.8. The van der Waals surface area contributed by atoms with Crippen LogP contribution in [0.25, 0.3) is 0 Å². The van der Waals surface area contributed by atoms with Crippen molar-refractivity contribution in [1.29, 1.82) is 0 Å². The molecule has 45 heavy (non-hydrogen) atoms. The van der Waals surface area contributed by atoms with Gasteiger partial charge in [0.05, 0.1) is 5.41 Å². The molecule has 248 valence electrons. The molecule has 4 saturated carbocycles. The monoisotopic (exact) mass is 631 g/mol. The number of nitrogens with zero attached hydrogens (tertiary/aromatic N) is 2.